The number of carbonyl (C=O) groups excluding carboxylic acids is 1. The molecule has 1 aliphatic rings. The van der Waals surface area contributed by atoms with Crippen LogP contribution >= 0.6 is 0 Å². The average Bonchev–Trinajstić information content (AvgIpc) is 2.92. The van der Waals surface area contributed by atoms with Crippen molar-refractivity contribution in [2.75, 3.05) is 39.9 Å². The highest BCUT2D eigenvalue weighted by atomic mass is 16.5. The first kappa shape index (κ1) is 17.4. The Morgan fingerprint density at radius 1 is 1.35 bits per heavy atom. The Balaban J connectivity index is 2.27. The molecule has 0 spiro atoms. The molecule has 1 rings (SSSR count). The molecule has 0 aromatic rings. The summed E-state index contributed by atoms with van der Waals surface area (Å²) >= 11 is 0. The summed E-state index contributed by atoms with van der Waals surface area (Å²) in [5, 5.41) is 6.43. The van der Waals surface area contributed by atoms with Gasteiger partial charge in [-0.3, -0.25) is 4.79 Å². The number of likely N-dealkylation sites (N-methyl/N-ethyl adjacent to an activating group) is 1. The van der Waals surface area contributed by atoms with Gasteiger partial charge in [-0.25, -0.2) is 0 Å². The summed E-state index contributed by atoms with van der Waals surface area (Å²) in [6.45, 7) is 10.2. The van der Waals surface area contributed by atoms with Gasteiger partial charge < -0.3 is 20.3 Å². The van der Waals surface area contributed by atoms with E-state index in [4.69, 9.17) is 4.74 Å². The van der Waals surface area contributed by atoms with Crippen LogP contribution in [0, 0.1) is 5.92 Å². The van der Waals surface area contributed by atoms with E-state index in [2.05, 4.69) is 43.4 Å². The monoisotopic (exact) mass is 285 g/mol. The molecule has 1 amide bonds. The zero-order chi connectivity index (χ0) is 15.0. The summed E-state index contributed by atoms with van der Waals surface area (Å²) in [5.74, 6) is 0.0732. The van der Waals surface area contributed by atoms with Crippen LogP contribution in [-0.4, -0.2) is 62.8 Å². The van der Waals surface area contributed by atoms with Crippen LogP contribution in [0.2, 0.25) is 0 Å². The molecule has 0 saturated carbocycles. The van der Waals surface area contributed by atoms with Crippen molar-refractivity contribution in [3.8, 4) is 0 Å². The SMILES string of the molecule is CCCNC1COCC1C(=O)NCCN(C)C(C)CC. The maximum atomic E-state index is 12.2. The van der Waals surface area contributed by atoms with Crippen molar-refractivity contribution in [1.82, 2.24) is 15.5 Å². The maximum absolute atomic E-state index is 12.2. The van der Waals surface area contributed by atoms with E-state index in [1.165, 1.54) is 0 Å². The molecular weight excluding hydrogens is 254 g/mol. The molecule has 3 unspecified atom stereocenters. The number of carbonyl (C=O) groups is 1. The van der Waals surface area contributed by atoms with Crippen molar-refractivity contribution >= 4 is 5.91 Å². The van der Waals surface area contributed by atoms with Gasteiger partial charge in [-0.05, 0) is 33.4 Å². The average molecular weight is 285 g/mol. The van der Waals surface area contributed by atoms with Crippen molar-refractivity contribution in [2.45, 2.75) is 45.7 Å². The van der Waals surface area contributed by atoms with Gasteiger partial charge in [0.05, 0.1) is 19.1 Å². The van der Waals surface area contributed by atoms with Gasteiger partial charge in [-0.15, -0.1) is 0 Å². The number of nitrogens with zero attached hydrogens (tertiary/aromatic N) is 1. The number of hydrogen-bond acceptors (Lipinski definition) is 4. The molecule has 0 aliphatic carbocycles. The second kappa shape index (κ2) is 9.32. The maximum Gasteiger partial charge on any atom is 0.227 e. The fourth-order valence-corrected chi connectivity index (χ4v) is 2.36. The van der Waals surface area contributed by atoms with Crippen LogP contribution in [0.5, 0.6) is 0 Å². The smallest absolute Gasteiger partial charge is 0.227 e. The summed E-state index contributed by atoms with van der Waals surface area (Å²) in [5.41, 5.74) is 0. The van der Waals surface area contributed by atoms with E-state index in [0.717, 1.165) is 25.9 Å². The Hall–Kier alpha value is -0.650. The molecule has 5 heteroatoms. The second-order valence-electron chi connectivity index (χ2n) is 5.73. The lowest BCUT2D eigenvalue weighted by Gasteiger charge is -2.24. The van der Waals surface area contributed by atoms with Crippen molar-refractivity contribution in [3.63, 3.8) is 0 Å². The molecule has 118 valence electrons. The van der Waals surface area contributed by atoms with Crippen LogP contribution in [0.15, 0.2) is 0 Å². The van der Waals surface area contributed by atoms with E-state index in [0.29, 0.717) is 25.8 Å². The summed E-state index contributed by atoms with van der Waals surface area (Å²) in [4.78, 5) is 14.5. The first-order valence-corrected chi connectivity index (χ1v) is 7.89. The normalized spacial score (nSPS) is 24.1. The summed E-state index contributed by atoms with van der Waals surface area (Å²) in [6.07, 6.45) is 2.20. The van der Waals surface area contributed by atoms with E-state index in [1.54, 1.807) is 0 Å². The highest BCUT2D eigenvalue weighted by Gasteiger charge is 2.33. The Morgan fingerprint density at radius 3 is 2.75 bits per heavy atom. The van der Waals surface area contributed by atoms with E-state index in [1.807, 2.05) is 0 Å². The highest BCUT2D eigenvalue weighted by molar-refractivity contribution is 5.79. The molecule has 1 heterocycles. The Kier molecular flexibility index (Phi) is 8.11. The third-order valence-corrected chi connectivity index (χ3v) is 4.18. The zero-order valence-corrected chi connectivity index (χ0v) is 13.4. The first-order chi connectivity index (χ1) is 9.60. The topological polar surface area (TPSA) is 53.6 Å². The van der Waals surface area contributed by atoms with Crippen LogP contribution in [0.25, 0.3) is 0 Å². The van der Waals surface area contributed by atoms with Gasteiger partial charge in [0.15, 0.2) is 0 Å². The number of hydrogen-bond donors (Lipinski definition) is 2. The molecule has 0 aromatic heterocycles. The van der Waals surface area contributed by atoms with Crippen LogP contribution in [-0.2, 0) is 9.53 Å². The minimum Gasteiger partial charge on any atom is -0.379 e. The number of amides is 1. The fourth-order valence-electron chi connectivity index (χ4n) is 2.36. The molecule has 0 radical (unpaired) electrons. The van der Waals surface area contributed by atoms with E-state index < -0.39 is 0 Å². The van der Waals surface area contributed by atoms with Gasteiger partial charge >= 0.3 is 0 Å². The summed E-state index contributed by atoms with van der Waals surface area (Å²) < 4.78 is 5.44. The molecule has 0 aromatic carbocycles. The highest BCUT2D eigenvalue weighted by Crippen LogP contribution is 2.13. The van der Waals surface area contributed by atoms with Gasteiger partial charge in [-0.2, -0.15) is 0 Å². The third kappa shape index (κ3) is 5.38. The summed E-state index contributed by atoms with van der Waals surface area (Å²) in [6, 6.07) is 0.725. The molecule has 1 saturated heterocycles. The zero-order valence-electron chi connectivity index (χ0n) is 13.4. The van der Waals surface area contributed by atoms with Gasteiger partial charge in [0, 0.05) is 25.2 Å². The number of ether oxygens (including phenoxy) is 1. The molecule has 3 atom stereocenters. The van der Waals surface area contributed by atoms with Crippen molar-refractivity contribution in [1.29, 1.82) is 0 Å². The van der Waals surface area contributed by atoms with Gasteiger partial charge in [0.1, 0.15) is 0 Å². The predicted molar refractivity (Wildman–Crippen MR) is 81.8 cm³/mol. The summed E-state index contributed by atoms with van der Waals surface area (Å²) in [7, 11) is 2.10. The van der Waals surface area contributed by atoms with Crippen LogP contribution in [0.3, 0.4) is 0 Å². The standard InChI is InChI=1S/C15H31N3O2/c1-5-7-16-14-11-20-10-13(14)15(19)17-8-9-18(4)12(3)6-2/h12-14,16H,5-11H2,1-4H3,(H,17,19). The van der Waals surface area contributed by atoms with E-state index in [-0.39, 0.29) is 17.9 Å². The fraction of sp³-hybridized carbons (Fsp3) is 0.933. The van der Waals surface area contributed by atoms with Crippen molar-refractivity contribution in [2.24, 2.45) is 5.92 Å². The first-order valence-electron chi connectivity index (χ1n) is 7.89. The van der Waals surface area contributed by atoms with Gasteiger partial charge in [-0.1, -0.05) is 13.8 Å². The molecule has 1 aliphatic heterocycles. The molecule has 20 heavy (non-hydrogen) atoms. The van der Waals surface area contributed by atoms with Gasteiger partial charge in [0.25, 0.3) is 0 Å². The lowest BCUT2D eigenvalue weighted by atomic mass is 10.0. The number of nitrogens with one attached hydrogen (secondary N) is 2. The Morgan fingerprint density at radius 2 is 2.10 bits per heavy atom. The molecule has 1 fully saturated rings. The van der Waals surface area contributed by atoms with Crippen LogP contribution < -0.4 is 10.6 Å². The predicted octanol–water partition coefficient (Wildman–Crippen LogP) is 0.848. The van der Waals surface area contributed by atoms with Crippen LogP contribution in [0.4, 0.5) is 0 Å². The minimum atomic E-state index is -0.0459. The Labute approximate surface area is 123 Å². The van der Waals surface area contributed by atoms with Crippen LogP contribution in [0.1, 0.15) is 33.6 Å². The molecule has 5 nitrogen and oxygen atoms in total. The molecule has 0 bridgehead atoms. The molecule has 2 N–H and O–H groups in total. The third-order valence-electron chi connectivity index (χ3n) is 4.18. The van der Waals surface area contributed by atoms with Crippen molar-refractivity contribution < 1.29 is 9.53 Å². The Bertz CT molecular complexity index is 286. The van der Waals surface area contributed by atoms with Gasteiger partial charge in [0.2, 0.25) is 5.91 Å². The molecular formula is C15H31N3O2. The van der Waals surface area contributed by atoms with E-state index >= 15 is 0 Å². The van der Waals surface area contributed by atoms with Crippen molar-refractivity contribution in [3.05, 3.63) is 0 Å². The lowest BCUT2D eigenvalue weighted by molar-refractivity contribution is -0.125. The second-order valence-corrected chi connectivity index (χ2v) is 5.73. The largest absolute Gasteiger partial charge is 0.379 e. The minimum absolute atomic E-state index is 0.0459. The quantitative estimate of drug-likeness (QED) is 0.659. The van der Waals surface area contributed by atoms with E-state index in [9.17, 15) is 4.79 Å². The lowest BCUT2D eigenvalue weighted by Crippen LogP contribution is -2.46. The number of rotatable bonds is 9.